The van der Waals surface area contributed by atoms with E-state index in [4.69, 9.17) is 9.16 Å². The van der Waals surface area contributed by atoms with Crippen LogP contribution in [0.5, 0.6) is 0 Å². The summed E-state index contributed by atoms with van der Waals surface area (Å²) < 4.78 is 12.1. The number of nitrogens with zero attached hydrogens (tertiary/aromatic N) is 2. The van der Waals surface area contributed by atoms with E-state index in [2.05, 4.69) is 45.4 Å². The molecule has 1 saturated heterocycles. The number of likely N-dealkylation sites (tertiary alicyclic amines) is 1. The minimum Gasteiger partial charge on any atom is -0.405 e. The van der Waals surface area contributed by atoms with Crippen molar-refractivity contribution in [3.8, 4) is 0 Å². The topological polar surface area (TPSA) is 51.7 Å². The zero-order chi connectivity index (χ0) is 18.1. The molecule has 1 aliphatic rings. The van der Waals surface area contributed by atoms with Crippen LogP contribution in [0.1, 0.15) is 31.9 Å². The van der Waals surface area contributed by atoms with Gasteiger partial charge in [0.2, 0.25) is 0 Å². The molecule has 1 aromatic heterocycles. The highest BCUT2D eigenvalue weighted by atomic mass is 32.1. The van der Waals surface area contributed by atoms with Gasteiger partial charge in [0.1, 0.15) is 11.1 Å². The highest BCUT2D eigenvalue weighted by molar-refractivity contribution is 7.09. The number of aromatic nitrogens is 1. The van der Waals surface area contributed by atoms with E-state index in [1.54, 1.807) is 35.6 Å². The number of methoxy groups -OCH3 is 1. The number of thiazole rings is 1. The van der Waals surface area contributed by atoms with Crippen molar-refractivity contribution in [2.45, 2.75) is 57.2 Å². The third kappa shape index (κ3) is 3.49. The van der Waals surface area contributed by atoms with E-state index in [0.29, 0.717) is 6.54 Å². The van der Waals surface area contributed by atoms with Gasteiger partial charge in [-0.25, -0.2) is 4.98 Å². The van der Waals surface area contributed by atoms with Gasteiger partial charge in [0, 0.05) is 25.2 Å². The molecule has 1 fully saturated rings. The average molecular weight is 369 g/mol. The molecule has 0 aromatic carbocycles. The Labute approximate surface area is 149 Å². The first kappa shape index (κ1) is 19.3. The number of β-lactam (4-membered cyclic amide) rings is 1. The van der Waals surface area contributed by atoms with Crippen LogP contribution in [-0.4, -0.2) is 49.9 Å². The molecule has 24 heavy (non-hydrogen) atoms. The van der Waals surface area contributed by atoms with Crippen LogP contribution in [0.3, 0.4) is 0 Å². The first-order chi connectivity index (χ1) is 11.1. The van der Waals surface area contributed by atoms with Crippen molar-refractivity contribution in [3.05, 3.63) is 29.2 Å². The maximum Gasteiger partial charge on any atom is 0.254 e. The maximum absolute atomic E-state index is 12.3. The lowest BCUT2D eigenvalue weighted by Gasteiger charge is -2.51. The molecule has 0 saturated carbocycles. The van der Waals surface area contributed by atoms with Gasteiger partial charge >= 0.3 is 0 Å². The summed E-state index contributed by atoms with van der Waals surface area (Å²) in [6.07, 6.45) is 2.77. The molecule has 2 rings (SSSR count). The molecule has 5 nitrogen and oxygen atoms in total. The van der Waals surface area contributed by atoms with Crippen LogP contribution in [0.2, 0.25) is 18.1 Å². The standard InChI is InChI=1S/C17H28N2O3SSi/c1-8-10-19-12(14(21-5)16(19)20)13(15-18-9-11-23-15)22-24(6,7)17(2,3)4/h8-9,11-14H,1,10H2,2-7H3/t12-,13-,14+/m0/s1. The Hall–Kier alpha value is -1.02. The Balaban J connectivity index is 2.36. The van der Waals surface area contributed by atoms with Gasteiger partial charge < -0.3 is 14.1 Å². The van der Waals surface area contributed by atoms with Gasteiger partial charge in [-0.15, -0.1) is 17.9 Å². The summed E-state index contributed by atoms with van der Waals surface area (Å²) in [5.74, 6) is -0.0113. The molecule has 134 valence electrons. The lowest BCUT2D eigenvalue weighted by Crippen LogP contribution is -2.68. The fourth-order valence-electron chi connectivity index (χ4n) is 2.59. The molecule has 7 heteroatoms. The summed E-state index contributed by atoms with van der Waals surface area (Å²) in [6, 6.07) is -0.166. The minimum atomic E-state index is -2.04. The summed E-state index contributed by atoms with van der Waals surface area (Å²) in [5, 5.41) is 2.91. The fraction of sp³-hybridized carbons (Fsp3) is 0.647. The SMILES string of the molecule is C=CCN1C(=O)[C@H](OC)[C@@H]1[C@H](O[Si](C)(C)C(C)(C)C)c1nccs1. The first-order valence-corrected chi connectivity index (χ1v) is 11.9. The zero-order valence-electron chi connectivity index (χ0n) is 15.4. The molecular weight excluding hydrogens is 340 g/mol. The second-order valence-electron chi connectivity index (χ2n) is 7.60. The molecule has 1 aliphatic heterocycles. The van der Waals surface area contributed by atoms with Gasteiger partial charge in [0.05, 0.1) is 6.04 Å². The Morgan fingerprint density at radius 2 is 2.17 bits per heavy atom. The second kappa shape index (κ2) is 7.07. The summed E-state index contributed by atoms with van der Waals surface area (Å²) in [4.78, 5) is 18.6. The van der Waals surface area contributed by atoms with Gasteiger partial charge in [-0.3, -0.25) is 4.79 Å². The molecule has 1 aromatic rings. The number of hydrogen-bond acceptors (Lipinski definition) is 5. The molecule has 3 atom stereocenters. The van der Waals surface area contributed by atoms with Crippen molar-refractivity contribution >= 4 is 25.6 Å². The molecule has 2 heterocycles. The Kier molecular flexibility index (Phi) is 5.69. The van der Waals surface area contributed by atoms with Gasteiger partial charge in [-0.05, 0) is 18.1 Å². The fourth-order valence-corrected chi connectivity index (χ4v) is 4.62. The molecule has 1 amide bonds. The quantitative estimate of drug-likeness (QED) is 0.419. The van der Waals surface area contributed by atoms with E-state index in [1.165, 1.54) is 0 Å². The van der Waals surface area contributed by atoms with Crippen LogP contribution in [0.15, 0.2) is 24.2 Å². The van der Waals surface area contributed by atoms with E-state index in [0.717, 1.165) is 5.01 Å². The van der Waals surface area contributed by atoms with Crippen molar-refractivity contribution < 1.29 is 14.0 Å². The van der Waals surface area contributed by atoms with Crippen molar-refractivity contribution in [1.29, 1.82) is 0 Å². The van der Waals surface area contributed by atoms with Crippen LogP contribution in [0, 0.1) is 0 Å². The maximum atomic E-state index is 12.3. The van der Waals surface area contributed by atoms with Gasteiger partial charge in [0.15, 0.2) is 14.4 Å². The Morgan fingerprint density at radius 3 is 2.62 bits per heavy atom. The van der Waals surface area contributed by atoms with E-state index < -0.39 is 14.4 Å². The van der Waals surface area contributed by atoms with Crippen LogP contribution in [0.25, 0.3) is 0 Å². The number of rotatable bonds is 7. The van der Waals surface area contributed by atoms with E-state index in [1.807, 2.05) is 5.38 Å². The van der Waals surface area contributed by atoms with Crippen LogP contribution in [0.4, 0.5) is 0 Å². The normalized spacial score (nSPS) is 23.1. The molecule has 0 aliphatic carbocycles. The largest absolute Gasteiger partial charge is 0.405 e. The van der Waals surface area contributed by atoms with Crippen molar-refractivity contribution in [2.24, 2.45) is 0 Å². The second-order valence-corrected chi connectivity index (χ2v) is 13.3. The summed E-state index contributed by atoms with van der Waals surface area (Å²) in [5.41, 5.74) is 0. The molecule has 0 unspecified atom stereocenters. The van der Waals surface area contributed by atoms with Crippen LogP contribution >= 0.6 is 11.3 Å². The number of ether oxygens (including phenoxy) is 1. The lowest BCUT2D eigenvalue weighted by atomic mass is 9.92. The number of carbonyl (C=O) groups is 1. The molecule has 0 spiro atoms. The Morgan fingerprint density at radius 1 is 1.50 bits per heavy atom. The van der Waals surface area contributed by atoms with Gasteiger partial charge in [0.25, 0.3) is 5.91 Å². The van der Waals surface area contributed by atoms with Crippen molar-refractivity contribution in [1.82, 2.24) is 9.88 Å². The summed E-state index contributed by atoms with van der Waals surface area (Å²) >= 11 is 1.56. The number of carbonyl (C=O) groups excluding carboxylic acids is 1. The predicted octanol–water partition coefficient (Wildman–Crippen LogP) is 3.62. The Bertz CT molecular complexity index is 583. The van der Waals surface area contributed by atoms with Crippen molar-refractivity contribution in [3.63, 3.8) is 0 Å². The zero-order valence-corrected chi connectivity index (χ0v) is 17.2. The third-order valence-corrected chi connectivity index (χ3v) is 10.3. The monoisotopic (exact) mass is 368 g/mol. The third-order valence-electron chi connectivity index (χ3n) is 5.01. The van der Waals surface area contributed by atoms with Crippen LogP contribution < -0.4 is 0 Å². The lowest BCUT2D eigenvalue weighted by molar-refractivity contribution is -0.178. The highest BCUT2D eigenvalue weighted by Crippen LogP contribution is 2.44. The summed E-state index contributed by atoms with van der Waals surface area (Å²) in [7, 11) is -0.463. The van der Waals surface area contributed by atoms with Gasteiger partial charge in [-0.1, -0.05) is 26.8 Å². The van der Waals surface area contributed by atoms with E-state index >= 15 is 0 Å². The number of hydrogen-bond donors (Lipinski definition) is 0. The molecule has 0 radical (unpaired) electrons. The van der Waals surface area contributed by atoms with E-state index in [9.17, 15) is 4.79 Å². The molecule has 0 bridgehead atoms. The average Bonchev–Trinajstić information content (AvgIpc) is 3.01. The van der Waals surface area contributed by atoms with Crippen molar-refractivity contribution in [2.75, 3.05) is 13.7 Å². The van der Waals surface area contributed by atoms with Crippen LogP contribution in [-0.2, 0) is 14.0 Å². The smallest absolute Gasteiger partial charge is 0.254 e. The van der Waals surface area contributed by atoms with Gasteiger partial charge in [-0.2, -0.15) is 0 Å². The number of amides is 1. The minimum absolute atomic E-state index is 0.0113. The molecular formula is C17H28N2O3SSi. The predicted molar refractivity (Wildman–Crippen MR) is 99.6 cm³/mol. The summed E-state index contributed by atoms with van der Waals surface area (Å²) in [6.45, 7) is 15.3. The molecule has 0 N–H and O–H groups in total. The highest BCUT2D eigenvalue weighted by Gasteiger charge is 2.54. The van der Waals surface area contributed by atoms with E-state index in [-0.39, 0.29) is 23.1 Å². The first-order valence-electron chi connectivity index (χ1n) is 8.15.